The van der Waals surface area contributed by atoms with E-state index in [2.05, 4.69) is 84.4 Å². The van der Waals surface area contributed by atoms with Crippen LogP contribution in [-0.4, -0.2) is 17.1 Å². The van der Waals surface area contributed by atoms with Crippen molar-refractivity contribution in [3.05, 3.63) is 86.4 Å². The minimum atomic E-state index is -0.171. The maximum Gasteiger partial charge on any atom is 0.152 e. The molecule has 0 unspecified atom stereocenters. The second-order valence-electron chi connectivity index (χ2n) is 18.4. The molecule has 0 saturated heterocycles. The Balaban J connectivity index is 0.000000172. The Bertz CT molecular complexity index is 1770. The summed E-state index contributed by atoms with van der Waals surface area (Å²) in [5, 5.41) is 0.839. The second-order valence-corrected chi connectivity index (χ2v) is 18.8. The third-order valence-electron chi connectivity index (χ3n) is 9.88. The molecule has 276 valence electrons. The fourth-order valence-electron chi connectivity index (χ4n) is 6.46. The van der Waals surface area contributed by atoms with Crippen LogP contribution in [0.1, 0.15) is 137 Å². The fourth-order valence-corrected chi connectivity index (χ4v) is 6.97. The molecule has 3 heterocycles. The molecule has 6 rings (SSSR count). The van der Waals surface area contributed by atoms with Gasteiger partial charge >= 0.3 is 0 Å². The molecule has 3 aliphatic heterocycles. The zero-order valence-corrected chi connectivity index (χ0v) is 34.5. The first-order chi connectivity index (χ1) is 23.4. The zero-order valence-electron chi connectivity index (χ0n) is 33.8. The highest BCUT2D eigenvalue weighted by molar-refractivity contribution is 6.34. The quantitative estimate of drug-likeness (QED) is 0.259. The first-order valence-corrected chi connectivity index (χ1v) is 19.0. The second kappa shape index (κ2) is 15.0. The number of hydrogen-bond acceptors (Lipinski definition) is 3. The summed E-state index contributed by atoms with van der Waals surface area (Å²) in [7, 11) is 0. The Hall–Kier alpha value is -3.18. The van der Waals surface area contributed by atoms with E-state index in [1.807, 2.05) is 59.7 Å². The maximum atomic E-state index is 14.4. The van der Waals surface area contributed by atoms with E-state index in [0.29, 0.717) is 23.4 Å². The predicted molar refractivity (Wildman–Crippen MR) is 217 cm³/mol. The summed E-state index contributed by atoms with van der Waals surface area (Å²) in [6.07, 6.45) is 2.56. The number of aliphatic imine (C=N–C) groups is 3. The van der Waals surface area contributed by atoms with E-state index in [4.69, 9.17) is 16.6 Å². The molecule has 3 aliphatic rings. The van der Waals surface area contributed by atoms with Crippen LogP contribution < -0.4 is 0 Å². The predicted octanol–water partition coefficient (Wildman–Crippen LogP) is 13.7. The Labute approximate surface area is 312 Å². The van der Waals surface area contributed by atoms with Gasteiger partial charge in [0.15, 0.2) is 5.82 Å². The number of hydrogen-bond donors (Lipinski definition) is 0. The molecule has 0 bridgehead atoms. The molecule has 51 heavy (non-hydrogen) atoms. The molecule has 0 atom stereocenters. The van der Waals surface area contributed by atoms with Crippen molar-refractivity contribution in [3.8, 4) is 0 Å². The molecule has 0 aliphatic carbocycles. The lowest BCUT2D eigenvalue weighted by molar-refractivity contribution is 0.522. The van der Waals surface area contributed by atoms with E-state index in [-0.39, 0.29) is 27.9 Å². The van der Waals surface area contributed by atoms with Crippen LogP contribution >= 0.6 is 11.6 Å². The maximum absolute atomic E-state index is 14.4. The van der Waals surface area contributed by atoms with E-state index in [0.717, 1.165) is 69.3 Å². The molecule has 3 aromatic rings. The zero-order chi connectivity index (χ0) is 38.4. The van der Waals surface area contributed by atoms with Gasteiger partial charge in [-0.15, -0.1) is 0 Å². The molecular weight excluding hydrogens is 656 g/mol. The van der Waals surface area contributed by atoms with Gasteiger partial charge in [-0.3, -0.25) is 15.0 Å². The topological polar surface area (TPSA) is 37.1 Å². The van der Waals surface area contributed by atoms with E-state index < -0.39 is 0 Å². The lowest BCUT2D eigenvalue weighted by Crippen LogP contribution is -2.13. The summed E-state index contributed by atoms with van der Waals surface area (Å²) in [6.45, 7) is 31.6. The van der Waals surface area contributed by atoms with Crippen molar-refractivity contribution in [1.82, 2.24) is 0 Å². The number of halogens is 3. The van der Waals surface area contributed by atoms with Crippen LogP contribution in [-0.2, 0) is 35.5 Å². The summed E-state index contributed by atoms with van der Waals surface area (Å²) >= 11 is 6.50. The minimum absolute atomic E-state index is 0.0716. The van der Waals surface area contributed by atoms with Crippen LogP contribution in [0.5, 0.6) is 0 Å². The molecular formula is C45H60ClF2N3. The monoisotopic (exact) mass is 715 g/mol. The van der Waals surface area contributed by atoms with Gasteiger partial charge in [-0.25, -0.2) is 8.78 Å². The van der Waals surface area contributed by atoms with Gasteiger partial charge in [0.2, 0.25) is 0 Å². The van der Waals surface area contributed by atoms with Crippen molar-refractivity contribution in [2.24, 2.45) is 32.7 Å². The molecule has 0 amide bonds. The number of benzene rings is 3. The van der Waals surface area contributed by atoms with Gasteiger partial charge in [-0.1, -0.05) is 140 Å². The van der Waals surface area contributed by atoms with Crippen molar-refractivity contribution >= 4 is 45.8 Å². The van der Waals surface area contributed by atoms with Gasteiger partial charge < -0.3 is 0 Å². The molecule has 0 aromatic heterocycles. The molecule has 0 N–H and O–H groups in total. The van der Waals surface area contributed by atoms with Crippen molar-refractivity contribution in [2.75, 3.05) is 0 Å². The molecule has 3 aromatic carbocycles. The minimum Gasteiger partial charge on any atom is -0.257 e. The van der Waals surface area contributed by atoms with Crippen LogP contribution in [0.3, 0.4) is 0 Å². The molecule has 6 heteroatoms. The highest BCUT2D eigenvalue weighted by atomic mass is 35.5. The van der Waals surface area contributed by atoms with E-state index in [1.54, 1.807) is 6.07 Å². The SMILES string of the molecule is CC(C)C1=Nc2c(ccc(C(C)(C)C)c2Cl)C1.CC(C)C1=Nc2c(ccc(C(C)(C)C)c2F)C1.CC(C)C1=Nc2cc(C(C)(C)C)c(F)cc2C1. The average Bonchev–Trinajstić information content (AvgIpc) is 3.73. The van der Waals surface area contributed by atoms with Gasteiger partial charge in [0.25, 0.3) is 0 Å². The summed E-state index contributed by atoms with van der Waals surface area (Å²) in [5.74, 6) is 1.09. The standard InChI is InChI=1S/C15H20ClN.2C15H20FN/c1-9(2)12-8-10-6-7-11(15(3,4)5)13(16)14(10)17-12;1-9(2)13-7-10-6-12(16)11(15(3,4)5)8-14(10)17-13;1-9(2)12-8-10-6-7-11(15(3,4)5)13(16)14(10)17-12/h6-7,9H,8H2,1-5H3;6,8-9H,7H2,1-5H3;6-7,9H,8H2,1-5H3. The number of rotatable bonds is 3. The van der Waals surface area contributed by atoms with E-state index in [1.165, 1.54) is 16.8 Å². The highest BCUT2D eigenvalue weighted by Gasteiger charge is 2.28. The van der Waals surface area contributed by atoms with Gasteiger partial charge in [0.05, 0.1) is 16.4 Å². The van der Waals surface area contributed by atoms with E-state index >= 15 is 0 Å². The van der Waals surface area contributed by atoms with Crippen LogP contribution in [0, 0.1) is 29.4 Å². The molecule has 0 fully saturated rings. The smallest absolute Gasteiger partial charge is 0.152 e. The van der Waals surface area contributed by atoms with Gasteiger partial charge in [-0.2, -0.15) is 0 Å². The first-order valence-electron chi connectivity index (χ1n) is 18.6. The van der Waals surface area contributed by atoms with Gasteiger partial charge in [0, 0.05) is 36.4 Å². The lowest BCUT2D eigenvalue weighted by Gasteiger charge is -2.21. The van der Waals surface area contributed by atoms with Crippen LogP contribution in [0.2, 0.25) is 5.02 Å². The largest absolute Gasteiger partial charge is 0.257 e. The van der Waals surface area contributed by atoms with Crippen LogP contribution in [0.15, 0.2) is 51.4 Å². The summed E-state index contributed by atoms with van der Waals surface area (Å²) in [4.78, 5) is 13.8. The number of fused-ring (bicyclic) bond motifs is 3. The Kier molecular flexibility index (Phi) is 12.0. The van der Waals surface area contributed by atoms with Crippen molar-refractivity contribution < 1.29 is 8.78 Å². The Morgan fingerprint density at radius 1 is 0.529 bits per heavy atom. The lowest BCUT2D eigenvalue weighted by atomic mass is 9.85. The summed E-state index contributed by atoms with van der Waals surface area (Å²) in [6, 6.07) is 11.8. The third kappa shape index (κ3) is 9.25. The molecule has 0 spiro atoms. The summed E-state index contributed by atoms with van der Waals surface area (Å²) in [5.41, 5.74) is 11.8. The molecule has 3 nitrogen and oxygen atoms in total. The normalized spacial score (nSPS) is 15.1. The van der Waals surface area contributed by atoms with Crippen LogP contribution in [0.25, 0.3) is 0 Å². The van der Waals surface area contributed by atoms with Crippen molar-refractivity contribution in [3.63, 3.8) is 0 Å². The fraction of sp³-hybridized carbons (Fsp3) is 0.533. The highest BCUT2D eigenvalue weighted by Crippen LogP contribution is 2.42. The molecule has 0 saturated carbocycles. The number of nitrogens with zero attached hydrogens (tertiary/aromatic N) is 3. The van der Waals surface area contributed by atoms with E-state index in [9.17, 15) is 8.78 Å². The van der Waals surface area contributed by atoms with Gasteiger partial charge in [-0.05, 0) is 79.5 Å². The summed E-state index contributed by atoms with van der Waals surface area (Å²) < 4.78 is 28.4. The van der Waals surface area contributed by atoms with Crippen molar-refractivity contribution in [2.45, 2.75) is 139 Å². The first kappa shape index (κ1) is 40.6. The molecule has 0 radical (unpaired) electrons. The Morgan fingerprint density at radius 2 is 0.941 bits per heavy atom. The average molecular weight is 716 g/mol. The van der Waals surface area contributed by atoms with Crippen molar-refractivity contribution in [1.29, 1.82) is 0 Å². The van der Waals surface area contributed by atoms with Crippen LogP contribution in [0.4, 0.5) is 25.8 Å². The Morgan fingerprint density at radius 3 is 1.41 bits per heavy atom. The third-order valence-corrected chi connectivity index (χ3v) is 10.3. The van der Waals surface area contributed by atoms with Gasteiger partial charge in [0.1, 0.15) is 11.5 Å².